The van der Waals surface area contributed by atoms with Crippen molar-refractivity contribution >= 4 is 21.6 Å². The van der Waals surface area contributed by atoms with Crippen LogP contribution in [0.5, 0.6) is 5.75 Å². The molecule has 1 aliphatic rings. The first kappa shape index (κ1) is 16.5. The molecule has 2 atom stereocenters. The third-order valence-corrected chi connectivity index (χ3v) is 6.01. The highest BCUT2D eigenvalue weighted by Crippen LogP contribution is 2.33. The van der Waals surface area contributed by atoms with Crippen LogP contribution in [0.25, 0.3) is 0 Å². The van der Waals surface area contributed by atoms with Crippen LogP contribution in [-0.4, -0.2) is 39.6 Å². The van der Waals surface area contributed by atoms with Crippen LogP contribution in [0, 0.1) is 5.92 Å². The molecular formula is C15H18O6S. The molecule has 0 aromatic heterocycles. The van der Waals surface area contributed by atoms with Crippen molar-refractivity contribution in [2.24, 2.45) is 5.92 Å². The van der Waals surface area contributed by atoms with Crippen LogP contribution in [0.1, 0.15) is 19.3 Å². The van der Waals surface area contributed by atoms with E-state index in [4.69, 9.17) is 4.74 Å². The van der Waals surface area contributed by atoms with Crippen molar-refractivity contribution in [1.82, 2.24) is 0 Å². The summed E-state index contributed by atoms with van der Waals surface area (Å²) < 4.78 is 35.3. The summed E-state index contributed by atoms with van der Waals surface area (Å²) >= 11 is 0. The van der Waals surface area contributed by atoms with Gasteiger partial charge in [-0.05, 0) is 30.5 Å². The largest absolute Gasteiger partial charge is 0.497 e. The molecule has 0 aliphatic heterocycles. The number of benzene rings is 1. The molecule has 1 saturated carbocycles. The number of rotatable bonds is 5. The number of carbonyl (C=O) groups is 2. The van der Waals surface area contributed by atoms with Crippen molar-refractivity contribution in [3.8, 4) is 5.75 Å². The minimum Gasteiger partial charge on any atom is -0.497 e. The summed E-state index contributed by atoms with van der Waals surface area (Å²) in [5.41, 5.74) is 0. The third kappa shape index (κ3) is 3.14. The number of hydrogen-bond acceptors (Lipinski definition) is 6. The van der Waals surface area contributed by atoms with Gasteiger partial charge in [0.25, 0.3) is 0 Å². The number of esters is 1. The van der Waals surface area contributed by atoms with Crippen LogP contribution >= 0.6 is 0 Å². The maximum absolute atomic E-state index is 12.8. The van der Waals surface area contributed by atoms with Crippen LogP contribution in [0.4, 0.5) is 0 Å². The van der Waals surface area contributed by atoms with Gasteiger partial charge in [-0.15, -0.1) is 0 Å². The summed E-state index contributed by atoms with van der Waals surface area (Å²) in [7, 11) is -1.38. The van der Waals surface area contributed by atoms with Gasteiger partial charge < -0.3 is 9.47 Å². The van der Waals surface area contributed by atoms with Crippen LogP contribution in [0.15, 0.2) is 29.2 Å². The van der Waals surface area contributed by atoms with E-state index in [2.05, 4.69) is 4.74 Å². The van der Waals surface area contributed by atoms with Crippen molar-refractivity contribution in [2.75, 3.05) is 14.2 Å². The molecule has 0 N–H and O–H groups in total. The van der Waals surface area contributed by atoms with Gasteiger partial charge in [0.2, 0.25) is 0 Å². The van der Waals surface area contributed by atoms with Gasteiger partial charge in [0.05, 0.1) is 19.1 Å². The van der Waals surface area contributed by atoms with E-state index in [9.17, 15) is 18.0 Å². The fourth-order valence-corrected chi connectivity index (χ4v) is 4.65. The number of methoxy groups -OCH3 is 2. The molecule has 0 saturated heterocycles. The number of sulfone groups is 1. The van der Waals surface area contributed by atoms with Crippen LogP contribution in [0.2, 0.25) is 0 Å². The normalized spacial score (nSPS) is 19.7. The van der Waals surface area contributed by atoms with Crippen molar-refractivity contribution in [1.29, 1.82) is 0 Å². The number of ether oxygens (including phenoxy) is 2. The minimum atomic E-state index is -3.96. The monoisotopic (exact) mass is 326 g/mol. The molecule has 0 spiro atoms. The van der Waals surface area contributed by atoms with E-state index in [0.29, 0.717) is 18.6 Å². The van der Waals surface area contributed by atoms with Crippen LogP contribution in [-0.2, 0) is 24.2 Å². The van der Waals surface area contributed by atoms with E-state index in [1.54, 1.807) is 12.1 Å². The molecule has 1 aromatic rings. The smallest absolute Gasteiger partial charge is 0.324 e. The van der Waals surface area contributed by atoms with Gasteiger partial charge >= 0.3 is 5.97 Å². The second-order valence-electron chi connectivity index (χ2n) is 5.21. The lowest BCUT2D eigenvalue weighted by atomic mass is 10.0. The summed E-state index contributed by atoms with van der Waals surface area (Å²) in [5.74, 6) is -1.02. The van der Waals surface area contributed by atoms with Crippen molar-refractivity contribution in [3.05, 3.63) is 24.3 Å². The van der Waals surface area contributed by atoms with E-state index in [1.165, 1.54) is 19.2 Å². The molecule has 1 aromatic carbocycles. The van der Waals surface area contributed by atoms with E-state index >= 15 is 0 Å². The minimum absolute atomic E-state index is 0.0124. The Morgan fingerprint density at radius 3 is 2.59 bits per heavy atom. The SMILES string of the molecule is COC(=O)C(C1CCC(=O)C1)S(=O)(=O)c1cccc(OC)c1. The Hall–Kier alpha value is -1.89. The highest BCUT2D eigenvalue weighted by molar-refractivity contribution is 7.92. The van der Waals surface area contributed by atoms with Crippen molar-refractivity contribution in [2.45, 2.75) is 29.4 Å². The van der Waals surface area contributed by atoms with Crippen molar-refractivity contribution < 1.29 is 27.5 Å². The molecule has 120 valence electrons. The third-order valence-electron chi connectivity index (χ3n) is 3.85. The zero-order chi connectivity index (χ0) is 16.3. The maximum atomic E-state index is 12.8. The van der Waals surface area contributed by atoms with E-state index < -0.39 is 27.0 Å². The number of ketones is 1. The number of Topliss-reactive ketones (excluding diaryl/α,β-unsaturated/α-hetero) is 1. The van der Waals surface area contributed by atoms with Gasteiger partial charge in [0.15, 0.2) is 15.1 Å². The molecule has 7 heteroatoms. The Labute approximate surface area is 129 Å². The van der Waals surface area contributed by atoms with E-state index in [-0.39, 0.29) is 17.1 Å². The Morgan fingerprint density at radius 1 is 1.32 bits per heavy atom. The van der Waals surface area contributed by atoms with Gasteiger partial charge in [-0.1, -0.05) is 6.07 Å². The predicted molar refractivity (Wildman–Crippen MR) is 78.3 cm³/mol. The average molecular weight is 326 g/mol. The Morgan fingerprint density at radius 2 is 2.05 bits per heavy atom. The summed E-state index contributed by atoms with van der Waals surface area (Å²) in [6, 6.07) is 5.93. The molecule has 0 heterocycles. The zero-order valence-corrected chi connectivity index (χ0v) is 13.3. The molecular weight excluding hydrogens is 308 g/mol. The Kier molecular flexibility index (Phi) is 4.85. The molecule has 1 fully saturated rings. The van der Waals surface area contributed by atoms with E-state index in [0.717, 1.165) is 7.11 Å². The van der Waals surface area contributed by atoms with Gasteiger partial charge in [-0.2, -0.15) is 0 Å². The topological polar surface area (TPSA) is 86.7 Å². The molecule has 22 heavy (non-hydrogen) atoms. The van der Waals surface area contributed by atoms with Gasteiger partial charge in [-0.25, -0.2) is 8.42 Å². The molecule has 0 radical (unpaired) electrons. The second-order valence-corrected chi connectivity index (χ2v) is 7.28. The number of hydrogen-bond donors (Lipinski definition) is 0. The molecule has 1 aliphatic carbocycles. The Bertz CT molecular complexity index is 679. The molecule has 0 bridgehead atoms. The average Bonchev–Trinajstić information content (AvgIpc) is 2.93. The first-order valence-electron chi connectivity index (χ1n) is 6.87. The lowest BCUT2D eigenvalue weighted by molar-refractivity contribution is -0.141. The predicted octanol–water partition coefficient (Wildman–Crippen LogP) is 1.38. The van der Waals surface area contributed by atoms with E-state index in [1.807, 2.05) is 0 Å². The quantitative estimate of drug-likeness (QED) is 0.760. The molecule has 2 unspecified atom stereocenters. The van der Waals surface area contributed by atoms with Crippen molar-refractivity contribution in [3.63, 3.8) is 0 Å². The maximum Gasteiger partial charge on any atom is 0.324 e. The fourth-order valence-electron chi connectivity index (χ4n) is 2.71. The first-order valence-corrected chi connectivity index (χ1v) is 8.42. The molecule has 2 rings (SSSR count). The highest BCUT2D eigenvalue weighted by atomic mass is 32.2. The highest BCUT2D eigenvalue weighted by Gasteiger charge is 2.44. The summed E-state index contributed by atoms with van der Waals surface area (Å²) in [4.78, 5) is 23.5. The summed E-state index contributed by atoms with van der Waals surface area (Å²) in [5, 5.41) is -1.36. The van der Waals surface area contributed by atoms with Gasteiger partial charge in [-0.3, -0.25) is 9.59 Å². The fraction of sp³-hybridized carbons (Fsp3) is 0.467. The Balaban J connectivity index is 2.44. The molecule has 0 amide bonds. The standard InChI is InChI=1S/C15H18O6S/c1-20-12-4-3-5-13(9-12)22(18,19)14(15(17)21-2)10-6-7-11(16)8-10/h3-5,9-10,14H,6-8H2,1-2H3. The van der Waals surface area contributed by atoms with Crippen LogP contribution < -0.4 is 4.74 Å². The lowest BCUT2D eigenvalue weighted by Gasteiger charge is -2.21. The lowest BCUT2D eigenvalue weighted by Crippen LogP contribution is -2.37. The van der Waals surface area contributed by atoms with Crippen LogP contribution in [0.3, 0.4) is 0 Å². The summed E-state index contributed by atoms with van der Waals surface area (Å²) in [6.45, 7) is 0. The molecule has 6 nitrogen and oxygen atoms in total. The van der Waals surface area contributed by atoms with Gasteiger partial charge in [0, 0.05) is 12.8 Å². The first-order chi connectivity index (χ1) is 10.4. The van der Waals surface area contributed by atoms with Gasteiger partial charge in [0.1, 0.15) is 11.5 Å². The number of carbonyl (C=O) groups excluding carboxylic acids is 2. The zero-order valence-electron chi connectivity index (χ0n) is 12.4. The summed E-state index contributed by atoms with van der Waals surface area (Å²) in [6.07, 6.45) is 0.760. The second kappa shape index (κ2) is 6.48.